The number of aromatic nitrogens is 1. The molecule has 3 aromatic rings. The number of carbonyl (C=O) groups is 2. The highest BCUT2D eigenvalue weighted by atomic mass is 32.2. The Bertz CT molecular complexity index is 1600. The molecule has 0 bridgehead atoms. The maximum absolute atomic E-state index is 13.7. The van der Waals surface area contributed by atoms with Gasteiger partial charge in [0.05, 0.1) is 17.2 Å². The number of sulfonamides is 1. The normalized spacial score (nSPS) is 16.5. The molecule has 238 valence electrons. The summed E-state index contributed by atoms with van der Waals surface area (Å²) >= 11 is 0.787. The number of alkyl halides is 3. The van der Waals surface area contributed by atoms with E-state index in [1.807, 2.05) is 24.3 Å². The third-order valence-corrected chi connectivity index (χ3v) is 9.95. The smallest absolute Gasteiger partial charge is 0.477 e. The molecule has 1 amide bonds. The minimum atomic E-state index is -4.96. The number of aliphatic hydroxyl groups is 1. The van der Waals surface area contributed by atoms with Crippen molar-refractivity contribution in [3.05, 3.63) is 70.2 Å². The number of hydrogen-bond donors (Lipinski definition) is 3. The molecule has 1 fully saturated rings. The summed E-state index contributed by atoms with van der Waals surface area (Å²) in [6.07, 6.45) is -4.96. The zero-order valence-corrected chi connectivity index (χ0v) is 25.6. The van der Waals surface area contributed by atoms with Gasteiger partial charge < -0.3 is 25.2 Å². The number of thiazole rings is 1. The summed E-state index contributed by atoms with van der Waals surface area (Å²) in [6.45, 7) is 5.25. The van der Waals surface area contributed by atoms with Gasteiger partial charge >= 0.3 is 12.3 Å². The molecule has 44 heavy (non-hydrogen) atoms. The first-order valence-corrected chi connectivity index (χ1v) is 15.6. The Morgan fingerprint density at radius 2 is 1.70 bits per heavy atom. The molecule has 0 saturated carbocycles. The number of piperazine rings is 1. The topological polar surface area (TPSA) is 149 Å². The summed E-state index contributed by atoms with van der Waals surface area (Å²) in [4.78, 5) is 30.4. The van der Waals surface area contributed by atoms with Crippen molar-refractivity contribution in [1.29, 1.82) is 0 Å². The second kappa shape index (κ2) is 12.7. The molecule has 1 aliphatic heterocycles. The molecule has 4 rings (SSSR count). The Morgan fingerprint density at radius 3 is 2.23 bits per heavy atom. The Hall–Kier alpha value is -3.73. The molecular formula is C28H31F3N4O7S2. The summed E-state index contributed by atoms with van der Waals surface area (Å²) in [5.41, 5.74) is 1.72. The number of nitrogens with zero attached hydrogens (tertiary/aromatic N) is 3. The third kappa shape index (κ3) is 7.67. The van der Waals surface area contributed by atoms with E-state index in [0.717, 1.165) is 51.0 Å². The van der Waals surface area contributed by atoms with Crippen LogP contribution in [0.1, 0.15) is 47.3 Å². The van der Waals surface area contributed by atoms with Crippen LogP contribution in [0.5, 0.6) is 5.75 Å². The quantitative estimate of drug-likeness (QED) is 0.313. The maximum atomic E-state index is 13.7. The fraction of sp³-hybridized carbons (Fsp3) is 0.393. The fourth-order valence-electron chi connectivity index (χ4n) is 4.57. The lowest BCUT2D eigenvalue weighted by Crippen LogP contribution is -2.60. The summed E-state index contributed by atoms with van der Waals surface area (Å²) < 4.78 is 69.9. The van der Waals surface area contributed by atoms with Gasteiger partial charge in [0.2, 0.25) is 15.9 Å². The Morgan fingerprint density at radius 1 is 1.07 bits per heavy atom. The summed E-state index contributed by atoms with van der Waals surface area (Å²) in [7, 11) is -4.39. The number of carboxylic acids is 1. The molecule has 1 saturated heterocycles. The van der Waals surface area contributed by atoms with E-state index in [9.17, 15) is 41.4 Å². The standard InChI is InChI=1S/C28H31F3N4O7S2/c1-27(2,3)18-6-4-17(5-7-18)14-32-24(37)22-15-34(26-33-21(16-36)23(43-26)25(38)39)12-13-35(22)44(40,41)20-10-8-19(9-11-20)42-28(29,30)31/h4-11,22,36H,12-16H2,1-3H3,(H,32,37)(H,38,39)/t22-/m1/s1. The lowest BCUT2D eigenvalue weighted by molar-refractivity contribution is -0.274. The first-order valence-electron chi connectivity index (χ1n) is 13.3. The van der Waals surface area contributed by atoms with E-state index < -0.39 is 46.7 Å². The molecule has 0 spiro atoms. The number of benzene rings is 2. The van der Waals surface area contributed by atoms with Crippen molar-refractivity contribution in [3.8, 4) is 5.75 Å². The molecular weight excluding hydrogens is 625 g/mol. The molecule has 2 aromatic carbocycles. The lowest BCUT2D eigenvalue weighted by Gasteiger charge is -2.39. The SMILES string of the molecule is CC(C)(C)c1ccc(CNC(=O)[C@H]2CN(c3nc(CO)c(C(=O)O)s3)CCN2S(=O)(=O)c2ccc(OC(F)(F)F)cc2)cc1. The van der Waals surface area contributed by atoms with Gasteiger partial charge in [-0.2, -0.15) is 4.31 Å². The number of ether oxygens (including phenoxy) is 1. The maximum Gasteiger partial charge on any atom is 0.573 e. The van der Waals surface area contributed by atoms with E-state index in [1.165, 1.54) is 0 Å². The minimum Gasteiger partial charge on any atom is -0.477 e. The average Bonchev–Trinajstić information content (AvgIpc) is 3.40. The van der Waals surface area contributed by atoms with E-state index in [-0.39, 0.29) is 52.2 Å². The Balaban J connectivity index is 1.61. The van der Waals surface area contributed by atoms with Gasteiger partial charge in [0.1, 0.15) is 16.7 Å². The summed E-state index contributed by atoms with van der Waals surface area (Å²) in [5.74, 6) is -2.54. The van der Waals surface area contributed by atoms with Gasteiger partial charge in [-0.15, -0.1) is 13.2 Å². The zero-order valence-electron chi connectivity index (χ0n) is 24.0. The van der Waals surface area contributed by atoms with Crippen molar-refractivity contribution < 1.29 is 46.1 Å². The Labute approximate surface area is 255 Å². The highest BCUT2D eigenvalue weighted by Crippen LogP contribution is 2.31. The predicted molar refractivity (Wildman–Crippen MR) is 155 cm³/mol. The van der Waals surface area contributed by atoms with E-state index in [4.69, 9.17) is 0 Å². The van der Waals surface area contributed by atoms with Gasteiger partial charge in [-0.05, 0) is 40.8 Å². The van der Waals surface area contributed by atoms with Crippen LogP contribution in [-0.4, -0.2) is 71.8 Å². The number of aromatic carboxylic acids is 1. The van der Waals surface area contributed by atoms with E-state index in [0.29, 0.717) is 0 Å². The van der Waals surface area contributed by atoms with Gasteiger partial charge in [0.15, 0.2) is 5.13 Å². The number of carboxylic acid groups (broad SMARTS) is 1. The number of anilines is 1. The molecule has 1 aromatic heterocycles. The first kappa shape index (κ1) is 33.2. The number of nitrogens with one attached hydrogen (secondary N) is 1. The molecule has 0 unspecified atom stereocenters. The van der Waals surface area contributed by atoms with Crippen LogP contribution in [0, 0.1) is 0 Å². The van der Waals surface area contributed by atoms with Crippen molar-refractivity contribution >= 4 is 38.4 Å². The van der Waals surface area contributed by atoms with E-state index >= 15 is 0 Å². The second-order valence-corrected chi connectivity index (χ2v) is 13.9. The largest absolute Gasteiger partial charge is 0.573 e. The van der Waals surface area contributed by atoms with Gasteiger partial charge in [-0.1, -0.05) is 56.4 Å². The highest BCUT2D eigenvalue weighted by Gasteiger charge is 2.41. The molecule has 1 aliphatic rings. The number of aliphatic hydroxyl groups excluding tert-OH is 1. The van der Waals surface area contributed by atoms with E-state index in [1.54, 1.807) is 4.90 Å². The molecule has 0 radical (unpaired) electrons. The van der Waals surface area contributed by atoms with Crippen LogP contribution >= 0.6 is 11.3 Å². The van der Waals surface area contributed by atoms with Crippen molar-refractivity contribution in [2.75, 3.05) is 24.5 Å². The second-order valence-electron chi connectivity index (χ2n) is 11.0. The van der Waals surface area contributed by atoms with Crippen LogP contribution in [-0.2, 0) is 33.4 Å². The van der Waals surface area contributed by atoms with Crippen LogP contribution in [0.15, 0.2) is 53.4 Å². The minimum absolute atomic E-state index is 0.0178. The van der Waals surface area contributed by atoms with Gasteiger partial charge in [0, 0.05) is 26.2 Å². The number of rotatable bonds is 9. The third-order valence-electron chi connectivity index (χ3n) is 6.89. The van der Waals surface area contributed by atoms with Gasteiger partial charge in [-0.3, -0.25) is 4.79 Å². The lowest BCUT2D eigenvalue weighted by atomic mass is 9.87. The van der Waals surface area contributed by atoms with E-state index in [2.05, 4.69) is 35.8 Å². The molecule has 0 aliphatic carbocycles. The number of hydrogen-bond acceptors (Lipinski definition) is 9. The van der Waals surface area contributed by atoms with Gasteiger partial charge in [0.25, 0.3) is 0 Å². The van der Waals surface area contributed by atoms with Crippen molar-refractivity contribution in [3.63, 3.8) is 0 Å². The van der Waals surface area contributed by atoms with Gasteiger partial charge in [-0.25, -0.2) is 18.2 Å². The van der Waals surface area contributed by atoms with Crippen molar-refractivity contribution in [2.24, 2.45) is 0 Å². The summed E-state index contributed by atoms with van der Waals surface area (Å²) in [5, 5.41) is 22.0. The van der Waals surface area contributed by atoms with Crippen LogP contribution < -0.4 is 15.0 Å². The molecule has 2 heterocycles. The summed E-state index contributed by atoms with van der Waals surface area (Å²) in [6, 6.07) is 9.92. The first-order chi connectivity index (χ1) is 20.5. The monoisotopic (exact) mass is 656 g/mol. The van der Waals surface area contributed by atoms with Crippen LogP contribution in [0.3, 0.4) is 0 Å². The highest BCUT2D eigenvalue weighted by molar-refractivity contribution is 7.89. The molecule has 1 atom stereocenters. The fourth-order valence-corrected chi connectivity index (χ4v) is 7.09. The molecule has 3 N–H and O–H groups in total. The Kier molecular flexibility index (Phi) is 9.58. The van der Waals surface area contributed by atoms with Crippen LogP contribution in [0.4, 0.5) is 18.3 Å². The van der Waals surface area contributed by atoms with Crippen molar-refractivity contribution in [2.45, 2.75) is 56.6 Å². The number of amides is 1. The molecule has 11 nitrogen and oxygen atoms in total. The number of carbonyl (C=O) groups excluding carboxylic acids is 1. The zero-order chi connectivity index (χ0) is 32.4. The molecule has 16 heteroatoms. The van der Waals surface area contributed by atoms with Crippen LogP contribution in [0.25, 0.3) is 0 Å². The average molecular weight is 657 g/mol. The van der Waals surface area contributed by atoms with Crippen molar-refractivity contribution in [1.82, 2.24) is 14.6 Å². The number of halogens is 3. The van der Waals surface area contributed by atoms with Crippen LogP contribution in [0.2, 0.25) is 0 Å². The predicted octanol–water partition coefficient (Wildman–Crippen LogP) is 3.73.